The summed E-state index contributed by atoms with van der Waals surface area (Å²) in [6.07, 6.45) is -5.07. The number of halogens is 4. The van der Waals surface area contributed by atoms with E-state index in [1.54, 1.807) is 43.5 Å². The molecule has 4 rings (SSSR count). The summed E-state index contributed by atoms with van der Waals surface area (Å²) in [6.45, 7) is 0.980. The van der Waals surface area contributed by atoms with Gasteiger partial charge in [-0.25, -0.2) is 9.18 Å². The molecule has 1 aromatic heterocycles. The van der Waals surface area contributed by atoms with E-state index in [1.165, 1.54) is 20.3 Å². The Kier molecular flexibility index (Phi) is 10.2. The van der Waals surface area contributed by atoms with E-state index < -0.39 is 30.9 Å². The van der Waals surface area contributed by atoms with Crippen LogP contribution in [0.4, 0.5) is 28.9 Å². The normalized spacial score (nSPS) is 17.4. The van der Waals surface area contributed by atoms with Gasteiger partial charge in [-0.05, 0) is 48.7 Å². The number of ether oxygens (including phenoxy) is 3. The molecule has 0 unspecified atom stereocenters. The highest BCUT2D eigenvalue weighted by molar-refractivity contribution is 5.94. The van der Waals surface area contributed by atoms with Crippen molar-refractivity contribution in [3.8, 4) is 17.6 Å². The molecule has 2 N–H and O–H groups in total. The molecule has 0 radical (unpaired) electrons. The lowest BCUT2D eigenvalue weighted by Crippen LogP contribution is -2.48. The predicted molar refractivity (Wildman–Crippen MR) is 153 cm³/mol. The van der Waals surface area contributed by atoms with Gasteiger partial charge in [-0.3, -0.25) is 4.90 Å². The zero-order valence-corrected chi connectivity index (χ0v) is 23.7. The molecule has 42 heavy (non-hydrogen) atoms. The van der Waals surface area contributed by atoms with Crippen LogP contribution in [0.25, 0.3) is 10.9 Å². The predicted octanol–water partition coefficient (Wildman–Crippen LogP) is 4.93. The highest BCUT2D eigenvalue weighted by atomic mass is 19.4. The van der Waals surface area contributed by atoms with Crippen molar-refractivity contribution >= 4 is 28.2 Å². The molecule has 1 fully saturated rings. The fourth-order valence-electron chi connectivity index (χ4n) is 4.97. The Morgan fingerprint density at radius 3 is 2.62 bits per heavy atom. The summed E-state index contributed by atoms with van der Waals surface area (Å²) in [4.78, 5) is 13.8. The van der Waals surface area contributed by atoms with Gasteiger partial charge in [0.25, 0.3) is 0 Å². The van der Waals surface area contributed by atoms with E-state index in [4.69, 9.17) is 14.2 Å². The molecule has 2 heterocycles. The number of likely N-dealkylation sites (tertiary alicyclic amines) is 1. The van der Waals surface area contributed by atoms with E-state index >= 15 is 4.39 Å². The molecular weight excluding hydrogens is 556 g/mol. The van der Waals surface area contributed by atoms with E-state index in [1.807, 2.05) is 4.90 Å². The van der Waals surface area contributed by atoms with Crippen LogP contribution in [0.5, 0.6) is 5.75 Å². The molecule has 2 aromatic carbocycles. The van der Waals surface area contributed by atoms with Crippen LogP contribution in [0.15, 0.2) is 42.5 Å². The highest BCUT2D eigenvalue weighted by Gasteiger charge is 2.31. The SMILES string of the molecule is COCCN1CC[C@@H](Nc2cccc3c2cc(C#CCNc2ccc(C(=O)OC)cc2OC)n3CC(F)(F)F)[C@@H](F)C1. The summed E-state index contributed by atoms with van der Waals surface area (Å²) in [5.41, 5.74) is 1.95. The van der Waals surface area contributed by atoms with Crippen LogP contribution < -0.4 is 15.4 Å². The number of benzene rings is 2. The number of carbonyl (C=O) groups is 1. The number of nitrogens with one attached hydrogen (secondary N) is 2. The first-order valence-electron chi connectivity index (χ1n) is 13.4. The summed E-state index contributed by atoms with van der Waals surface area (Å²) in [5, 5.41) is 6.83. The van der Waals surface area contributed by atoms with E-state index in [0.29, 0.717) is 59.7 Å². The fraction of sp³-hybridized carbons (Fsp3) is 0.433. The number of alkyl halides is 4. The summed E-state index contributed by atoms with van der Waals surface area (Å²) in [7, 11) is 4.33. The number of fused-ring (bicyclic) bond motifs is 1. The van der Waals surface area contributed by atoms with Gasteiger partial charge < -0.3 is 29.4 Å². The maximum atomic E-state index is 15.0. The molecule has 0 aliphatic carbocycles. The molecule has 0 bridgehead atoms. The fourth-order valence-corrected chi connectivity index (χ4v) is 4.97. The monoisotopic (exact) mass is 590 g/mol. The maximum absolute atomic E-state index is 15.0. The first-order valence-corrected chi connectivity index (χ1v) is 13.4. The molecule has 2 atom stereocenters. The lowest BCUT2D eigenvalue weighted by atomic mass is 10.0. The van der Waals surface area contributed by atoms with Crippen LogP contribution in [0.1, 0.15) is 22.5 Å². The van der Waals surface area contributed by atoms with E-state index in [0.717, 1.165) is 4.57 Å². The Hall–Kier alpha value is -3.95. The number of aromatic nitrogens is 1. The van der Waals surface area contributed by atoms with Crippen molar-refractivity contribution in [2.24, 2.45) is 0 Å². The van der Waals surface area contributed by atoms with Gasteiger partial charge in [0.2, 0.25) is 0 Å². The topological polar surface area (TPSA) is 77.0 Å². The molecule has 1 saturated heterocycles. The lowest BCUT2D eigenvalue weighted by Gasteiger charge is -2.35. The Labute approximate surface area is 241 Å². The van der Waals surface area contributed by atoms with Gasteiger partial charge in [0, 0.05) is 37.8 Å². The average Bonchev–Trinajstić information content (AvgIpc) is 3.31. The zero-order chi connectivity index (χ0) is 30.3. The summed E-state index contributed by atoms with van der Waals surface area (Å²) >= 11 is 0. The van der Waals surface area contributed by atoms with Gasteiger partial charge in [-0.1, -0.05) is 12.0 Å². The Morgan fingerprint density at radius 2 is 1.93 bits per heavy atom. The minimum atomic E-state index is -4.47. The van der Waals surface area contributed by atoms with Crippen LogP contribution in [-0.4, -0.2) is 87.9 Å². The van der Waals surface area contributed by atoms with Gasteiger partial charge in [0.05, 0.1) is 55.9 Å². The van der Waals surface area contributed by atoms with E-state index in [-0.39, 0.29) is 18.8 Å². The molecule has 0 amide bonds. The van der Waals surface area contributed by atoms with Gasteiger partial charge in [0.1, 0.15) is 18.5 Å². The number of piperidine rings is 1. The van der Waals surface area contributed by atoms with Gasteiger partial charge in [-0.15, -0.1) is 0 Å². The quantitative estimate of drug-likeness (QED) is 0.197. The second-order valence-corrected chi connectivity index (χ2v) is 9.88. The zero-order valence-electron chi connectivity index (χ0n) is 23.7. The first-order chi connectivity index (χ1) is 20.1. The number of hydrogen-bond acceptors (Lipinski definition) is 7. The number of hydrogen-bond donors (Lipinski definition) is 2. The first kappa shape index (κ1) is 31.0. The maximum Gasteiger partial charge on any atom is 0.406 e. The second-order valence-electron chi connectivity index (χ2n) is 9.88. The van der Waals surface area contributed by atoms with Gasteiger partial charge >= 0.3 is 12.1 Å². The molecule has 0 saturated carbocycles. The smallest absolute Gasteiger partial charge is 0.406 e. The summed E-state index contributed by atoms with van der Waals surface area (Å²) in [5.74, 6) is 5.60. The summed E-state index contributed by atoms with van der Waals surface area (Å²) in [6, 6.07) is 10.8. The molecule has 1 aliphatic heterocycles. The number of rotatable bonds is 10. The van der Waals surface area contributed by atoms with Gasteiger partial charge in [-0.2, -0.15) is 13.2 Å². The third-order valence-corrected chi connectivity index (χ3v) is 7.07. The molecule has 1 aliphatic rings. The summed E-state index contributed by atoms with van der Waals surface area (Å²) < 4.78 is 72.0. The minimum Gasteiger partial charge on any atom is -0.495 e. The van der Waals surface area contributed by atoms with Crippen molar-refractivity contribution in [3.63, 3.8) is 0 Å². The van der Waals surface area contributed by atoms with E-state index in [9.17, 15) is 18.0 Å². The molecule has 12 heteroatoms. The molecular formula is C30H34F4N4O4. The van der Waals surface area contributed by atoms with Crippen molar-refractivity contribution in [1.29, 1.82) is 0 Å². The van der Waals surface area contributed by atoms with Crippen molar-refractivity contribution in [2.45, 2.75) is 31.4 Å². The van der Waals surface area contributed by atoms with Crippen LogP contribution in [0.2, 0.25) is 0 Å². The van der Waals surface area contributed by atoms with Crippen LogP contribution in [0, 0.1) is 11.8 Å². The Morgan fingerprint density at radius 1 is 1.12 bits per heavy atom. The van der Waals surface area contributed by atoms with Crippen molar-refractivity contribution in [1.82, 2.24) is 9.47 Å². The average molecular weight is 591 g/mol. The molecule has 226 valence electrons. The second kappa shape index (κ2) is 13.8. The van der Waals surface area contributed by atoms with Crippen LogP contribution >= 0.6 is 0 Å². The van der Waals surface area contributed by atoms with Crippen molar-refractivity contribution in [3.05, 3.63) is 53.7 Å². The Balaban J connectivity index is 1.55. The van der Waals surface area contributed by atoms with Crippen LogP contribution in [-0.2, 0) is 16.0 Å². The number of methoxy groups -OCH3 is 3. The Bertz CT molecular complexity index is 1450. The standard InChI is InChI=1S/C30H34F4N4O4/c1-40-15-14-37-13-11-25(23(31)18-37)36-24-7-4-8-27-22(24)17-21(38(27)19-30(32,33)34)6-5-12-35-26-10-9-20(29(39)42-3)16-28(26)41-2/h4,7-10,16-17,23,25,35-36H,11-15,18-19H2,1-3H3/t23-,25+/m0/s1. The van der Waals surface area contributed by atoms with Gasteiger partial charge in [0.15, 0.2) is 0 Å². The van der Waals surface area contributed by atoms with Crippen molar-refractivity contribution < 1.29 is 36.6 Å². The van der Waals surface area contributed by atoms with Crippen LogP contribution in [0.3, 0.4) is 0 Å². The van der Waals surface area contributed by atoms with Crippen molar-refractivity contribution in [2.75, 3.05) is 64.7 Å². The number of carbonyl (C=O) groups excluding carboxylic acids is 1. The minimum absolute atomic E-state index is 0.0950. The number of esters is 1. The third kappa shape index (κ3) is 7.66. The molecule has 3 aromatic rings. The molecule has 0 spiro atoms. The lowest BCUT2D eigenvalue weighted by molar-refractivity contribution is -0.140. The van der Waals surface area contributed by atoms with E-state index in [2.05, 4.69) is 22.5 Å². The third-order valence-electron chi connectivity index (χ3n) is 7.07. The highest BCUT2D eigenvalue weighted by Crippen LogP contribution is 2.32. The largest absolute Gasteiger partial charge is 0.495 e. The number of nitrogens with zero attached hydrogens (tertiary/aromatic N) is 2. The number of anilines is 2. The molecule has 8 nitrogen and oxygen atoms in total.